The Hall–Kier alpha value is -11.5. The van der Waals surface area contributed by atoms with Gasteiger partial charge in [0.15, 0.2) is 46.6 Å². The lowest BCUT2D eigenvalue weighted by molar-refractivity contribution is 0.590. The van der Waals surface area contributed by atoms with Crippen molar-refractivity contribution in [3.8, 4) is 102 Å². The van der Waals surface area contributed by atoms with Gasteiger partial charge in [-0.3, -0.25) is 0 Å². The Morgan fingerprint density at radius 2 is 0.394 bits per heavy atom. The first-order valence-electron chi connectivity index (χ1n) is 36.0. The van der Waals surface area contributed by atoms with Crippen LogP contribution in [0, 0.1) is 0 Å². The molecule has 0 aliphatic carbocycles. The van der Waals surface area contributed by atoms with Gasteiger partial charge in [-0.25, -0.2) is 59.8 Å². The number of benzene rings is 8. The normalized spacial score (nSPS) is 13.3. The smallest absolute Gasteiger partial charge is 0.165 e. The number of hydrogen-bond acceptors (Lipinski definition) is 12. The van der Waals surface area contributed by atoms with Gasteiger partial charge in [0.2, 0.25) is 0 Å². The maximum absolute atomic E-state index is 5.74. The highest BCUT2D eigenvalue weighted by molar-refractivity contribution is 6.10. The second kappa shape index (κ2) is 22.0. The maximum atomic E-state index is 5.74. The van der Waals surface area contributed by atoms with E-state index in [0.717, 1.165) is 132 Å². The van der Waals surface area contributed by atoms with Crippen LogP contribution in [0.4, 0.5) is 0 Å². The molecule has 4 aliphatic heterocycles. The van der Waals surface area contributed by atoms with Gasteiger partial charge in [0.25, 0.3) is 0 Å². The first kappa shape index (κ1) is 64.6. The molecule has 16 bridgehead atoms. The topological polar surface area (TPSA) is 218 Å². The Labute approximate surface area is 603 Å². The van der Waals surface area contributed by atoms with Crippen LogP contribution in [-0.2, 0) is 32.5 Å². The van der Waals surface area contributed by atoms with Crippen molar-refractivity contribution in [1.82, 2.24) is 79.7 Å². The van der Waals surface area contributed by atoms with Crippen LogP contribution in [0.25, 0.3) is 190 Å². The first-order valence-corrected chi connectivity index (χ1v) is 36.0. The van der Waals surface area contributed by atoms with E-state index in [1.807, 2.05) is 0 Å². The monoisotopic (exact) mass is 1360 g/mol. The van der Waals surface area contributed by atoms with E-state index in [2.05, 4.69) is 290 Å². The molecule has 6 aromatic heterocycles. The molecule has 514 valence electrons. The Bertz CT molecular complexity index is 6100. The van der Waals surface area contributed by atoms with E-state index >= 15 is 0 Å². The Morgan fingerprint density at radius 3 is 0.673 bits per heavy atom. The Balaban J connectivity index is 0.948. The minimum Gasteiger partial charge on any atom is -0.324 e. The van der Waals surface area contributed by atoms with Crippen LogP contribution in [-0.4, -0.2) is 79.7 Å². The van der Waals surface area contributed by atoms with E-state index in [4.69, 9.17) is 59.8 Å². The van der Waals surface area contributed by atoms with E-state index in [-0.39, 0.29) is 32.5 Å². The van der Waals surface area contributed by atoms with Crippen molar-refractivity contribution in [1.29, 1.82) is 0 Å². The molecule has 0 saturated carbocycles. The van der Waals surface area contributed by atoms with Gasteiger partial charge in [0.05, 0.1) is 0 Å². The molecule has 4 N–H and O–H groups in total. The predicted octanol–water partition coefficient (Wildman–Crippen LogP) is 21.5. The first-order chi connectivity index (χ1) is 49.2. The molecule has 0 saturated heterocycles. The molecule has 0 atom stereocenters. The molecule has 14 aromatic rings. The summed E-state index contributed by atoms with van der Waals surface area (Å²) in [6, 6.07) is 52.1. The largest absolute Gasteiger partial charge is 0.324 e. The van der Waals surface area contributed by atoms with Gasteiger partial charge >= 0.3 is 0 Å². The van der Waals surface area contributed by atoms with Crippen molar-refractivity contribution >= 4 is 88.3 Å². The Kier molecular flexibility index (Phi) is 13.7. The predicted molar refractivity (Wildman–Crippen MR) is 423 cm³/mol. The molecular weight excluding hydrogens is 1280 g/mol. The second-order valence-corrected chi connectivity index (χ2v) is 34.7. The lowest BCUT2D eigenvalue weighted by Gasteiger charge is -2.19. The summed E-state index contributed by atoms with van der Waals surface area (Å²) in [6.07, 6.45) is 0. The van der Waals surface area contributed by atoms with E-state index in [9.17, 15) is 0 Å². The van der Waals surface area contributed by atoms with Crippen LogP contribution in [0.15, 0.2) is 146 Å². The van der Waals surface area contributed by atoms with Crippen LogP contribution in [0.1, 0.15) is 158 Å². The molecule has 18 rings (SSSR count). The molecule has 0 amide bonds. The lowest BCUT2D eigenvalue weighted by Crippen LogP contribution is -2.10. The fraction of sp³-hybridized carbons (Fsp3) is 0.273. The van der Waals surface area contributed by atoms with Crippen molar-refractivity contribution in [2.45, 2.75) is 157 Å². The highest BCUT2D eigenvalue weighted by Gasteiger charge is 2.33. The molecule has 16 heteroatoms. The summed E-state index contributed by atoms with van der Waals surface area (Å²) in [5.74, 6) is 4.08. The third kappa shape index (κ3) is 10.5. The van der Waals surface area contributed by atoms with Gasteiger partial charge in [0, 0.05) is 87.6 Å². The van der Waals surface area contributed by atoms with Gasteiger partial charge in [-0.05, 0) is 113 Å². The quantitative estimate of drug-likeness (QED) is 0.121. The van der Waals surface area contributed by atoms with Gasteiger partial charge < -0.3 is 19.9 Å². The van der Waals surface area contributed by atoms with Crippen molar-refractivity contribution < 1.29 is 0 Å². The fourth-order valence-electron chi connectivity index (χ4n) is 14.9. The minimum absolute atomic E-state index is 0.151. The molecule has 10 heterocycles. The highest BCUT2D eigenvalue weighted by Crippen LogP contribution is 2.49. The highest BCUT2D eigenvalue weighted by atomic mass is 15.1. The van der Waals surface area contributed by atoms with E-state index in [1.165, 1.54) is 0 Å². The molecule has 104 heavy (non-hydrogen) atoms. The molecule has 0 fully saturated rings. The van der Waals surface area contributed by atoms with Crippen molar-refractivity contribution in [2.24, 2.45) is 0 Å². The summed E-state index contributed by atoms with van der Waals surface area (Å²) < 4.78 is 0. The summed E-state index contributed by atoms with van der Waals surface area (Å²) >= 11 is 0. The Morgan fingerprint density at radius 1 is 0.183 bits per heavy atom. The summed E-state index contributed by atoms with van der Waals surface area (Å²) in [5, 5.41) is 7.16. The third-order valence-electron chi connectivity index (χ3n) is 21.2. The summed E-state index contributed by atoms with van der Waals surface area (Å²) in [5.41, 5.74) is 19.2. The molecule has 8 aromatic carbocycles. The molecule has 16 nitrogen and oxygen atoms in total. The molecule has 0 unspecified atom stereocenters. The van der Waals surface area contributed by atoms with Crippen LogP contribution >= 0.6 is 0 Å². The van der Waals surface area contributed by atoms with Gasteiger partial charge in [-0.2, -0.15) is 0 Å². The summed E-state index contributed by atoms with van der Waals surface area (Å²) in [7, 11) is 0. The van der Waals surface area contributed by atoms with Gasteiger partial charge in [-0.1, -0.05) is 234 Å². The molecule has 0 spiro atoms. The summed E-state index contributed by atoms with van der Waals surface area (Å²) in [6.45, 7) is 40.2. The zero-order valence-electron chi connectivity index (χ0n) is 62.2. The number of nitrogens with zero attached hydrogens (tertiary/aromatic N) is 12. The van der Waals surface area contributed by atoms with Crippen LogP contribution < -0.4 is 0 Å². The zero-order valence-corrected chi connectivity index (χ0v) is 62.2. The number of H-pyrrole nitrogens is 4. The fourth-order valence-corrected chi connectivity index (χ4v) is 14.9. The third-order valence-corrected chi connectivity index (χ3v) is 21.2. The van der Waals surface area contributed by atoms with Crippen LogP contribution in [0.5, 0.6) is 0 Å². The number of fused-ring (bicyclic) bond motifs is 40. The molecule has 4 aliphatic rings. The minimum atomic E-state index is -0.196. The lowest BCUT2D eigenvalue weighted by atomic mass is 9.85. The van der Waals surface area contributed by atoms with Gasteiger partial charge in [-0.15, -0.1) is 0 Å². The van der Waals surface area contributed by atoms with Gasteiger partial charge in [0.1, 0.15) is 45.2 Å². The van der Waals surface area contributed by atoms with Crippen LogP contribution in [0.2, 0.25) is 0 Å². The number of nitrogens with one attached hydrogen (secondary N) is 4. The van der Waals surface area contributed by atoms with E-state index in [1.54, 1.807) is 0 Å². The molecule has 0 radical (unpaired) electrons. The van der Waals surface area contributed by atoms with Crippen LogP contribution in [0.3, 0.4) is 0 Å². The standard InChI is InChI=1S/C88H82N16/c1-83(2,3)43-25-31-51-59(37-43)75-91-67(51)89-73-57-23-19-21-49(65(57)81(101-73)103-79-63-41-47(87(13,14)15)29-35-55(63)71(99-79)97-77-61-39-45(85(7,8)9)27-33-53(61)69(93-75)95-77)50-22-20-24-58-66(50)82-102-74(58)90-68-52-32-26-44(84(4,5)6)38-60(52)76(92-68)94-70-54-34-28-46(86(10,11)12)40-62(54)78(96-70)98-72-56-36-30-48(88(16,17)18)42-64(56)80(100-72)104-82/h19-42H,1-18H3,(H2,89,91,93,95,97,99,101,103)(H2,90,92,94,96,98,100,102,104). The number of aromatic nitrogens is 16. The number of rotatable bonds is 1. The zero-order chi connectivity index (χ0) is 72.4. The van der Waals surface area contributed by atoms with E-state index < -0.39 is 0 Å². The van der Waals surface area contributed by atoms with Crippen molar-refractivity contribution in [3.63, 3.8) is 0 Å². The van der Waals surface area contributed by atoms with E-state index in [0.29, 0.717) is 91.8 Å². The van der Waals surface area contributed by atoms with Crippen molar-refractivity contribution in [2.75, 3.05) is 0 Å². The number of aromatic amines is 4. The number of hydrogen-bond donors (Lipinski definition) is 4. The average Bonchev–Trinajstić information content (AvgIpc) is 1.50. The second-order valence-electron chi connectivity index (χ2n) is 34.7. The SMILES string of the molecule is CC(C)(C)c1ccc2c(c1)-c1nc-2nc2[nH]c(nc3nc(nc4[nH]c(n1)c1ccc(C(C)(C)C)cc41)-c1c-3cccc1-c1cccc3c1-c1nc-3nc3[nH]c(nc4nc(nc5[nH]c(n1)c1cc(C(C)(C)C)ccc51)-c1cc(C(C)(C)C)ccc1-4)c1cc(C(C)(C)C)ccc31)c1ccc(C(C)(C)C)cc21. The summed E-state index contributed by atoms with van der Waals surface area (Å²) in [4.78, 5) is 81.5. The molecular formula is C88H82N16. The maximum Gasteiger partial charge on any atom is 0.165 e. The average molecular weight is 1360 g/mol. The van der Waals surface area contributed by atoms with Crippen molar-refractivity contribution in [3.05, 3.63) is 179 Å².